The number of benzene rings is 1. The van der Waals surface area contributed by atoms with E-state index in [2.05, 4.69) is 29.8 Å². The van der Waals surface area contributed by atoms with Crippen LogP contribution in [0.5, 0.6) is 0 Å². The summed E-state index contributed by atoms with van der Waals surface area (Å²) in [5.74, 6) is 0. The third-order valence-corrected chi connectivity index (χ3v) is 2.56. The molecule has 1 heteroatoms. The molecule has 0 aliphatic rings. The third kappa shape index (κ3) is 2.37. The summed E-state index contributed by atoms with van der Waals surface area (Å²) in [6.45, 7) is 3.76. The highest BCUT2D eigenvalue weighted by Crippen LogP contribution is 2.21. The van der Waals surface area contributed by atoms with Crippen molar-refractivity contribution in [2.45, 2.75) is 12.8 Å². The van der Waals surface area contributed by atoms with E-state index in [1.54, 1.807) is 0 Å². The average molecular weight is 209 g/mol. The van der Waals surface area contributed by atoms with Gasteiger partial charge in [-0.25, -0.2) is 0 Å². The fourth-order valence-electron chi connectivity index (χ4n) is 1.75. The molecule has 1 aromatic carbocycles. The molecule has 2 aromatic rings. The summed E-state index contributed by atoms with van der Waals surface area (Å²) in [5.41, 5.74) is 3.56. The molecule has 0 amide bonds. The van der Waals surface area contributed by atoms with Gasteiger partial charge in [-0.15, -0.1) is 6.58 Å². The summed E-state index contributed by atoms with van der Waals surface area (Å²) in [4.78, 5) is 4.47. The SMILES string of the molecule is C=CCCc1cccnc1-c1ccccc1. The van der Waals surface area contributed by atoms with E-state index in [9.17, 15) is 0 Å². The minimum Gasteiger partial charge on any atom is -0.256 e. The minimum absolute atomic E-state index is 0.992. The molecule has 1 heterocycles. The summed E-state index contributed by atoms with van der Waals surface area (Å²) >= 11 is 0. The zero-order chi connectivity index (χ0) is 11.2. The van der Waals surface area contributed by atoms with Crippen molar-refractivity contribution in [1.29, 1.82) is 0 Å². The molecule has 80 valence electrons. The predicted molar refractivity (Wildman–Crippen MR) is 68.2 cm³/mol. The van der Waals surface area contributed by atoms with E-state index in [1.807, 2.05) is 36.5 Å². The van der Waals surface area contributed by atoms with Crippen LogP contribution in [0.3, 0.4) is 0 Å². The maximum atomic E-state index is 4.47. The van der Waals surface area contributed by atoms with E-state index in [-0.39, 0.29) is 0 Å². The van der Waals surface area contributed by atoms with E-state index in [0.29, 0.717) is 0 Å². The Balaban J connectivity index is 2.36. The first-order valence-corrected chi connectivity index (χ1v) is 5.52. The van der Waals surface area contributed by atoms with Crippen LogP contribution in [-0.4, -0.2) is 4.98 Å². The molecule has 0 aliphatic heterocycles. The van der Waals surface area contributed by atoms with Gasteiger partial charge in [0.15, 0.2) is 0 Å². The van der Waals surface area contributed by atoms with E-state index < -0.39 is 0 Å². The highest BCUT2D eigenvalue weighted by Gasteiger charge is 2.04. The molecular formula is C15H15N. The van der Waals surface area contributed by atoms with Crippen LogP contribution in [0.25, 0.3) is 11.3 Å². The maximum absolute atomic E-state index is 4.47. The van der Waals surface area contributed by atoms with Crippen molar-refractivity contribution in [3.05, 3.63) is 66.9 Å². The molecule has 0 atom stereocenters. The Morgan fingerprint density at radius 3 is 2.62 bits per heavy atom. The monoisotopic (exact) mass is 209 g/mol. The standard InChI is InChI=1S/C15H15N/c1-2-3-8-13-11-7-12-16-15(13)14-9-5-4-6-10-14/h2,4-7,9-12H,1,3,8H2. The van der Waals surface area contributed by atoms with Crippen LogP contribution in [-0.2, 0) is 6.42 Å². The summed E-state index contributed by atoms with van der Waals surface area (Å²) in [6, 6.07) is 14.4. The van der Waals surface area contributed by atoms with E-state index >= 15 is 0 Å². The van der Waals surface area contributed by atoms with Crippen LogP contribution in [0.4, 0.5) is 0 Å². The van der Waals surface area contributed by atoms with Crippen molar-refractivity contribution in [3.63, 3.8) is 0 Å². The first kappa shape index (κ1) is 10.6. The van der Waals surface area contributed by atoms with Crippen molar-refractivity contribution in [2.75, 3.05) is 0 Å². The smallest absolute Gasteiger partial charge is 0.0733 e. The van der Waals surface area contributed by atoms with Gasteiger partial charge >= 0.3 is 0 Å². The lowest BCUT2D eigenvalue weighted by Crippen LogP contribution is -1.92. The number of pyridine rings is 1. The zero-order valence-electron chi connectivity index (χ0n) is 9.26. The molecule has 0 spiro atoms. The van der Waals surface area contributed by atoms with Crippen LogP contribution in [0.2, 0.25) is 0 Å². The van der Waals surface area contributed by atoms with Crippen LogP contribution in [0.15, 0.2) is 61.3 Å². The highest BCUT2D eigenvalue weighted by molar-refractivity contribution is 5.62. The summed E-state index contributed by atoms with van der Waals surface area (Å²) in [7, 11) is 0. The lowest BCUT2D eigenvalue weighted by molar-refractivity contribution is 0.993. The molecule has 0 unspecified atom stereocenters. The maximum Gasteiger partial charge on any atom is 0.0733 e. The van der Waals surface area contributed by atoms with E-state index in [1.165, 1.54) is 11.1 Å². The molecular weight excluding hydrogens is 194 g/mol. The van der Waals surface area contributed by atoms with Crippen LogP contribution >= 0.6 is 0 Å². The Kier molecular flexibility index (Phi) is 3.50. The number of hydrogen-bond donors (Lipinski definition) is 0. The van der Waals surface area contributed by atoms with Crippen LogP contribution < -0.4 is 0 Å². The number of aromatic nitrogens is 1. The zero-order valence-corrected chi connectivity index (χ0v) is 9.26. The molecule has 0 bridgehead atoms. The topological polar surface area (TPSA) is 12.9 Å². The number of hydrogen-bond acceptors (Lipinski definition) is 1. The summed E-state index contributed by atoms with van der Waals surface area (Å²) in [6.07, 6.45) is 5.79. The summed E-state index contributed by atoms with van der Waals surface area (Å²) in [5, 5.41) is 0. The Bertz CT molecular complexity index is 460. The molecule has 0 N–H and O–H groups in total. The normalized spacial score (nSPS) is 10.0. The van der Waals surface area contributed by atoms with Crippen molar-refractivity contribution in [1.82, 2.24) is 4.98 Å². The summed E-state index contributed by atoms with van der Waals surface area (Å²) < 4.78 is 0. The number of allylic oxidation sites excluding steroid dienone is 1. The van der Waals surface area contributed by atoms with E-state index in [4.69, 9.17) is 0 Å². The van der Waals surface area contributed by atoms with Gasteiger partial charge in [-0.2, -0.15) is 0 Å². The van der Waals surface area contributed by atoms with Crippen molar-refractivity contribution < 1.29 is 0 Å². The van der Waals surface area contributed by atoms with Crippen molar-refractivity contribution in [2.24, 2.45) is 0 Å². The number of aryl methyl sites for hydroxylation is 1. The van der Waals surface area contributed by atoms with Crippen LogP contribution in [0.1, 0.15) is 12.0 Å². The van der Waals surface area contributed by atoms with Gasteiger partial charge in [0.1, 0.15) is 0 Å². The highest BCUT2D eigenvalue weighted by atomic mass is 14.7. The Labute approximate surface area is 96.5 Å². The van der Waals surface area contributed by atoms with Gasteiger partial charge in [-0.05, 0) is 24.5 Å². The first-order chi connectivity index (χ1) is 7.92. The van der Waals surface area contributed by atoms with Gasteiger partial charge in [0.2, 0.25) is 0 Å². The fourth-order valence-corrected chi connectivity index (χ4v) is 1.75. The fraction of sp³-hybridized carbons (Fsp3) is 0.133. The molecule has 2 rings (SSSR count). The lowest BCUT2D eigenvalue weighted by atomic mass is 10.0. The van der Waals surface area contributed by atoms with Crippen molar-refractivity contribution in [3.8, 4) is 11.3 Å². The van der Waals surface area contributed by atoms with E-state index in [0.717, 1.165) is 18.5 Å². The second kappa shape index (κ2) is 5.26. The second-order valence-electron chi connectivity index (χ2n) is 3.70. The largest absolute Gasteiger partial charge is 0.256 e. The molecule has 16 heavy (non-hydrogen) atoms. The minimum atomic E-state index is 0.992. The molecule has 0 aliphatic carbocycles. The van der Waals surface area contributed by atoms with Gasteiger partial charge in [0, 0.05) is 11.8 Å². The second-order valence-corrected chi connectivity index (χ2v) is 3.70. The first-order valence-electron chi connectivity index (χ1n) is 5.52. The molecule has 0 saturated carbocycles. The lowest BCUT2D eigenvalue weighted by Gasteiger charge is -2.07. The molecule has 0 radical (unpaired) electrons. The molecule has 0 fully saturated rings. The Hall–Kier alpha value is -1.89. The van der Waals surface area contributed by atoms with Gasteiger partial charge in [0.25, 0.3) is 0 Å². The van der Waals surface area contributed by atoms with Gasteiger partial charge in [-0.1, -0.05) is 42.5 Å². The van der Waals surface area contributed by atoms with Gasteiger partial charge < -0.3 is 0 Å². The van der Waals surface area contributed by atoms with Gasteiger partial charge in [0.05, 0.1) is 5.69 Å². The number of nitrogens with zero attached hydrogens (tertiary/aromatic N) is 1. The quantitative estimate of drug-likeness (QED) is 0.697. The number of rotatable bonds is 4. The Morgan fingerprint density at radius 1 is 1.06 bits per heavy atom. The van der Waals surface area contributed by atoms with Crippen molar-refractivity contribution >= 4 is 0 Å². The third-order valence-electron chi connectivity index (χ3n) is 2.56. The molecule has 0 saturated heterocycles. The molecule has 1 nitrogen and oxygen atoms in total. The predicted octanol–water partition coefficient (Wildman–Crippen LogP) is 3.87. The van der Waals surface area contributed by atoms with Gasteiger partial charge in [-0.3, -0.25) is 4.98 Å². The van der Waals surface area contributed by atoms with Crippen LogP contribution in [0, 0.1) is 0 Å². The Morgan fingerprint density at radius 2 is 1.88 bits per heavy atom. The average Bonchev–Trinajstić information content (AvgIpc) is 2.38. The molecule has 1 aromatic heterocycles.